The summed E-state index contributed by atoms with van der Waals surface area (Å²) in [6, 6.07) is 79.4. The first-order chi connectivity index (χ1) is 31.7. The molecule has 0 amide bonds. The zero-order valence-electron chi connectivity index (χ0n) is 34.6. The molecule has 4 heteroatoms. The van der Waals surface area contributed by atoms with E-state index in [1.54, 1.807) is 0 Å². The van der Waals surface area contributed by atoms with E-state index >= 15 is 0 Å². The maximum absolute atomic E-state index is 7.18. The van der Waals surface area contributed by atoms with Crippen LogP contribution in [0.4, 0.5) is 0 Å². The first-order valence-electron chi connectivity index (χ1n) is 21.8. The van der Waals surface area contributed by atoms with Crippen LogP contribution in [0, 0.1) is 0 Å². The molecule has 2 aromatic heterocycles. The summed E-state index contributed by atoms with van der Waals surface area (Å²) in [4.78, 5) is 15.6. The predicted molar refractivity (Wildman–Crippen MR) is 259 cm³/mol. The monoisotopic (exact) mass is 815 g/mol. The number of nitrogens with zero attached hydrogens (tertiary/aromatic N) is 3. The Morgan fingerprint density at radius 2 is 0.859 bits per heavy atom. The highest BCUT2D eigenvalue weighted by atomic mass is 16.5. The quantitative estimate of drug-likeness (QED) is 0.162. The van der Waals surface area contributed by atoms with Crippen LogP contribution in [0.25, 0.3) is 89.1 Å². The van der Waals surface area contributed by atoms with Gasteiger partial charge in [0.15, 0.2) is 5.82 Å². The van der Waals surface area contributed by atoms with Crippen LogP contribution in [0.15, 0.2) is 224 Å². The molecule has 298 valence electrons. The third-order valence-corrected chi connectivity index (χ3v) is 13.2. The lowest BCUT2D eigenvalue weighted by Crippen LogP contribution is -2.32. The fourth-order valence-electron chi connectivity index (χ4n) is 10.3. The molecule has 9 aromatic carbocycles. The second-order valence-corrected chi connectivity index (χ2v) is 16.6. The molecule has 1 aliphatic heterocycles. The maximum Gasteiger partial charge on any atom is 0.160 e. The molecular weight excluding hydrogens is 779 g/mol. The largest absolute Gasteiger partial charge is 0.456 e. The van der Waals surface area contributed by atoms with Crippen molar-refractivity contribution in [1.29, 1.82) is 0 Å². The minimum atomic E-state index is -0.567. The fraction of sp³-hybridized carbons (Fsp3) is 0.0167. The van der Waals surface area contributed by atoms with Crippen molar-refractivity contribution in [3.8, 4) is 78.9 Å². The van der Waals surface area contributed by atoms with Crippen LogP contribution in [-0.4, -0.2) is 15.0 Å². The molecule has 0 fully saturated rings. The third kappa shape index (κ3) is 5.46. The number of para-hydroxylation sites is 1. The molecule has 11 aromatic rings. The van der Waals surface area contributed by atoms with Crippen LogP contribution in [-0.2, 0) is 5.41 Å². The average molecular weight is 816 g/mol. The van der Waals surface area contributed by atoms with Gasteiger partial charge in [0, 0.05) is 38.8 Å². The van der Waals surface area contributed by atoms with E-state index in [0.717, 1.165) is 94.8 Å². The van der Waals surface area contributed by atoms with Crippen LogP contribution in [0.2, 0.25) is 0 Å². The molecule has 0 atom stereocenters. The van der Waals surface area contributed by atoms with Crippen LogP contribution in [0.3, 0.4) is 0 Å². The van der Waals surface area contributed by atoms with Crippen LogP contribution >= 0.6 is 0 Å². The minimum Gasteiger partial charge on any atom is -0.456 e. The lowest BCUT2D eigenvalue weighted by molar-refractivity contribution is 0.442. The van der Waals surface area contributed by atoms with Gasteiger partial charge < -0.3 is 4.74 Å². The van der Waals surface area contributed by atoms with Crippen molar-refractivity contribution >= 4 is 21.7 Å². The summed E-state index contributed by atoms with van der Waals surface area (Å²) in [5.41, 5.74) is 16.6. The Bertz CT molecular complexity index is 3520. The molecule has 3 heterocycles. The second kappa shape index (κ2) is 14.3. The Kier molecular flexibility index (Phi) is 8.09. The molecule has 0 radical (unpaired) electrons. The number of benzene rings is 9. The highest BCUT2D eigenvalue weighted by Gasteiger charge is 2.51. The summed E-state index contributed by atoms with van der Waals surface area (Å²) >= 11 is 0. The Morgan fingerprint density at radius 1 is 0.344 bits per heavy atom. The van der Waals surface area contributed by atoms with E-state index in [0.29, 0.717) is 5.82 Å². The van der Waals surface area contributed by atoms with Crippen LogP contribution in [0.5, 0.6) is 11.5 Å². The molecular formula is C60H37N3O. The first-order valence-corrected chi connectivity index (χ1v) is 21.8. The fourth-order valence-corrected chi connectivity index (χ4v) is 10.3. The molecule has 0 saturated carbocycles. The lowest BCUT2D eigenvalue weighted by atomic mass is 9.65. The summed E-state index contributed by atoms with van der Waals surface area (Å²) in [6.45, 7) is 0. The zero-order chi connectivity index (χ0) is 42.2. The Hall–Kier alpha value is -8.47. The van der Waals surface area contributed by atoms with Crippen LogP contribution in [0.1, 0.15) is 22.3 Å². The molecule has 13 rings (SSSR count). The van der Waals surface area contributed by atoms with Crippen molar-refractivity contribution in [2.75, 3.05) is 0 Å². The predicted octanol–water partition coefficient (Wildman–Crippen LogP) is 15.0. The molecule has 4 nitrogen and oxygen atoms in total. The molecule has 0 bridgehead atoms. The van der Waals surface area contributed by atoms with Gasteiger partial charge in [-0.3, -0.25) is 0 Å². The Morgan fingerprint density at radius 3 is 1.53 bits per heavy atom. The van der Waals surface area contributed by atoms with Crippen molar-refractivity contribution in [3.05, 3.63) is 247 Å². The second-order valence-electron chi connectivity index (χ2n) is 16.6. The smallest absolute Gasteiger partial charge is 0.160 e. The Balaban J connectivity index is 0.974. The number of pyridine rings is 1. The zero-order valence-corrected chi connectivity index (χ0v) is 34.6. The van der Waals surface area contributed by atoms with Crippen molar-refractivity contribution in [2.45, 2.75) is 5.41 Å². The van der Waals surface area contributed by atoms with E-state index in [1.807, 2.05) is 36.4 Å². The molecule has 0 unspecified atom stereocenters. The molecule has 1 spiro atoms. The summed E-state index contributed by atoms with van der Waals surface area (Å²) in [5, 5.41) is 3.19. The van der Waals surface area contributed by atoms with Gasteiger partial charge in [-0.2, -0.15) is 0 Å². The summed E-state index contributed by atoms with van der Waals surface area (Å²) < 4.78 is 7.18. The van der Waals surface area contributed by atoms with Gasteiger partial charge in [0.1, 0.15) is 11.5 Å². The van der Waals surface area contributed by atoms with E-state index in [4.69, 9.17) is 19.7 Å². The number of fused-ring (bicyclic) bond motifs is 13. The summed E-state index contributed by atoms with van der Waals surface area (Å²) in [6.07, 6.45) is 0. The van der Waals surface area contributed by atoms with E-state index in [1.165, 1.54) is 22.3 Å². The number of hydrogen-bond acceptors (Lipinski definition) is 4. The highest BCUT2D eigenvalue weighted by Crippen LogP contribution is 2.63. The number of rotatable bonds is 5. The van der Waals surface area contributed by atoms with Crippen molar-refractivity contribution < 1.29 is 4.74 Å². The van der Waals surface area contributed by atoms with Gasteiger partial charge >= 0.3 is 0 Å². The van der Waals surface area contributed by atoms with E-state index in [9.17, 15) is 0 Å². The lowest BCUT2D eigenvalue weighted by Gasteiger charge is -2.40. The standard InChI is InChI=1S/C60H37N3O/c1-4-16-39(17-5-1)52-37-53(63-59(62-52)42-20-8-3-9-21-42)40-30-28-38(29-31-40)43-32-33-46-47-34-35-51-58(56(47)57(61-54(46)36-43)41-18-6-2-7-19-41)64-55-27-15-14-26-50(55)60(51)48-24-12-10-22-44(48)45-23-11-13-25-49(45)60/h1-37H. The number of ether oxygens (including phenoxy) is 1. The van der Waals surface area contributed by atoms with Crippen molar-refractivity contribution in [1.82, 2.24) is 15.0 Å². The average Bonchev–Trinajstić information content (AvgIpc) is 3.67. The van der Waals surface area contributed by atoms with Crippen molar-refractivity contribution in [3.63, 3.8) is 0 Å². The van der Waals surface area contributed by atoms with E-state index in [2.05, 4.69) is 188 Å². The summed E-state index contributed by atoms with van der Waals surface area (Å²) in [5.74, 6) is 2.42. The van der Waals surface area contributed by atoms with Gasteiger partial charge in [0.25, 0.3) is 0 Å². The third-order valence-electron chi connectivity index (χ3n) is 13.2. The van der Waals surface area contributed by atoms with Gasteiger partial charge in [-0.15, -0.1) is 0 Å². The molecule has 2 aliphatic rings. The van der Waals surface area contributed by atoms with Crippen molar-refractivity contribution in [2.24, 2.45) is 0 Å². The molecule has 1 aliphatic carbocycles. The highest BCUT2D eigenvalue weighted by molar-refractivity contribution is 6.15. The Labute approximate surface area is 370 Å². The van der Waals surface area contributed by atoms with E-state index < -0.39 is 5.41 Å². The van der Waals surface area contributed by atoms with Gasteiger partial charge in [-0.05, 0) is 57.0 Å². The molecule has 0 saturated heterocycles. The SMILES string of the molecule is c1ccc(-c2cc(-c3ccc(-c4ccc5c(c4)nc(-c4ccccc4)c4c6c(ccc45)C4(c5ccccc5O6)c5ccccc5-c5ccccc54)cc3)nc(-c3ccccc3)n2)cc1. The number of hydrogen-bond donors (Lipinski definition) is 0. The van der Waals surface area contributed by atoms with E-state index in [-0.39, 0.29) is 0 Å². The molecule has 64 heavy (non-hydrogen) atoms. The topological polar surface area (TPSA) is 47.9 Å². The van der Waals surface area contributed by atoms with Gasteiger partial charge in [-0.25, -0.2) is 15.0 Å². The van der Waals surface area contributed by atoms with Crippen LogP contribution < -0.4 is 4.74 Å². The first kappa shape index (κ1) is 36.2. The molecule has 0 N–H and O–H groups in total. The van der Waals surface area contributed by atoms with Gasteiger partial charge in [-0.1, -0.05) is 206 Å². The normalized spacial score (nSPS) is 12.9. The van der Waals surface area contributed by atoms with Gasteiger partial charge in [0.2, 0.25) is 0 Å². The van der Waals surface area contributed by atoms with Gasteiger partial charge in [0.05, 0.1) is 33.4 Å². The number of aromatic nitrogens is 3. The maximum atomic E-state index is 7.18. The summed E-state index contributed by atoms with van der Waals surface area (Å²) in [7, 11) is 0. The minimum absolute atomic E-state index is 0.567.